The lowest BCUT2D eigenvalue weighted by Gasteiger charge is -2.33. The molecule has 5 nitrogen and oxygen atoms in total. The van der Waals surface area contributed by atoms with E-state index in [0.717, 1.165) is 19.6 Å². The summed E-state index contributed by atoms with van der Waals surface area (Å²) >= 11 is 3.23. The van der Waals surface area contributed by atoms with Crippen molar-refractivity contribution in [3.8, 4) is 0 Å². The van der Waals surface area contributed by atoms with Crippen LogP contribution in [0.5, 0.6) is 0 Å². The zero-order chi connectivity index (χ0) is 18.4. The summed E-state index contributed by atoms with van der Waals surface area (Å²) in [6, 6.07) is 14.1. The summed E-state index contributed by atoms with van der Waals surface area (Å²) in [4.78, 5) is 14.4. The molecule has 1 aliphatic rings. The predicted octanol–water partition coefficient (Wildman–Crippen LogP) is 3.61. The van der Waals surface area contributed by atoms with Crippen molar-refractivity contribution in [3.05, 3.63) is 64.4 Å². The van der Waals surface area contributed by atoms with Gasteiger partial charge in [-0.3, -0.25) is 4.90 Å². The van der Waals surface area contributed by atoms with Gasteiger partial charge in [0, 0.05) is 30.7 Å². The number of nitrogens with zero attached hydrogens (tertiary/aromatic N) is 1. The second-order valence-electron chi connectivity index (χ2n) is 6.17. The molecule has 1 saturated heterocycles. The van der Waals surface area contributed by atoms with E-state index in [1.165, 1.54) is 23.8 Å². The van der Waals surface area contributed by atoms with Gasteiger partial charge in [-0.1, -0.05) is 30.3 Å². The number of benzene rings is 2. The summed E-state index contributed by atoms with van der Waals surface area (Å²) in [6.45, 7) is 3.56. The minimum atomic E-state index is -0.364. The van der Waals surface area contributed by atoms with Gasteiger partial charge in [-0.25, -0.2) is 9.18 Å². The number of carbonyl (C=O) groups is 1. The number of halogens is 2. The number of urea groups is 1. The highest BCUT2D eigenvalue weighted by atomic mass is 79.9. The lowest BCUT2D eigenvalue weighted by Crippen LogP contribution is -2.47. The normalized spacial score (nSPS) is 17.7. The van der Waals surface area contributed by atoms with Gasteiger partial charge in [0.1, 0.15) is 5.82 Å². The van der Waals surface area contributed by atoms with E-state index in [-0.39, 0.29) is 18.0 Å². The summed E-state index contributed by atoms with van der Waals surface area (Å²) < 4.78 is 19.3. The molecule has 2 amide bonds. The van der Waals surface area contributed by atoms with Gasteiger partial charge in [-0.15, -0.1) is 0 Å². The Labute approximate surface area is 160 Å². The molecule has 2 aromatic rings. The molecule has 0 aromatic heterocycles. The van der Waals surface area contributed by atoms with Crippen molar-refractivity contribution in [1.82, 2.24) is 10.2 Å². The quantitative estimate of drug-likeness (QED) is 0.774. The molecule has 1 aliphatic heterocycles. The Hall–Kier alpha value is -1.96. The fourth-order valence-corrected chi connectivity index (χ4v) is 3.30. The Morgan fingerprint density at radius 1 is 1.27 bits per heavy atom. The molecular weight excluding hydrogens is 401 g/mol. The van der Waals surface area contributed by atoms with Crippen molar-refractivity contribution in [2.45, 2.75) is 12.6 Å². The largest absolute Gasteiger partial charge is 0.374 e. The third-order valence-electron chi connectivity index (χ3n) is 4.14. The standard InChI is InChI=1S/C19H21BrFN3O2/c20-17-10-15(21)6-7-18(17)23-19(25)22-11-16-13-24(8-9-26-16)12-14-4-2-1-3-5-14/h1-7,10,16H,8-9,11-13H2,(H2,22,23,25). The van der Waals surface area contributed by atoms with Crippen LogP contribution in [0.1, 0.15) is 5.56 Å². The molecule has 26 heavy (non-hydrogen) atoms. The number of amides is 2. The van der Waals surface area contributed by atoms with Gasteiger partial charge in [0.05, 0.1) is 18.4 Å². The molecule has 0 aliphatic carbocycles. The maximum Gasteiger partial charge on any atom is 0.319 e. The van der Waals surface area contributed by atoms with Crippen molar-refractivity contribution < 1.29 is 13.9 Å². The Morgan fingerprint density at radius 2 is 2.08 bits per heavy atom. The average molecular weight is 422 g/mol. The monoisotopic (exact) mass is 421 g/mol. The molecule has 1 atom stereocenters. The van der Waals surface area contributed by atoms with E-state index in [1.807, 2.05) is 18.2 Å². The summed E-state index contributed by atoms with van der Waals surface area (Å²) in [7, 11) is 0. The Morgan fingerprint density at radius 3 is 2.85 bits per heavy atom. The van der Waals surface area contributed by atoms with Crippen molar-refractivity contribution in [3.63, 3.8) is 0 Å². The van der Waals surface area contributed by atoms with E-state index in [0.29, 0.717) is 23.3 Å². The van der Waals surface area contributed by atoms with Crippen LogP contribution in [-0.2, 0) is 11.3 Å². The first-order valence-electron chi connectivity index (χ1n) is 8.48. The minimum Gasteiger partial charge on any atom is -0.374 e. The van der Waals surface area contributed by atoms with Crippen LogP contribution in [0.2, 0.25) is 0 Å². The van der Waals surface area contributed by atoms with Crippen LogP contribution in [0.15, 0.2) is 53.0 Å². The lowest BCUT2D eigenvalue weighted by molar-refractivity contribution is -0.0285. The number of hydrogen-bond donors (Lipinski definition) is 2. The maximum absolute atomic E-state index is 13.1. The second-order valence-corrected chi connectivity index (χ2v) is 7.03. The highest BCUT2D eigenvalue weighted by molar-refractivity contribution is 9.10. The molecule has 1 unspecified atom stereocenters. The first kappa shape index (κ1) is 18.8. The number of carbonyl (C=O) groups excluding carboxylic acids is 1. The fourth-order valence-electron chi connectivity index (χ4n) is 2.85. The molecule has 7 heteroatoms. The molecule has 138 valence electrons. The van der Waals surface area contributed by atoms with Gasteiger partial charge in [-0.05, 0) is 39.7 Å². The van der Waals surface area contributed by atoms with Crippen LogP contribution >= 0.6 is 15.9 Å². The van der Waals surface area contributed by atoms with E-state index in [2.05, 4.69) is 43.6 Å². The Kier molecular flexibility index (Phi) is 6.60. The second kappa shape index (κ2) is 9.12. The summed E-state index contributed by atoms with van der Waals surface area (Å²) in [5.74, 6) is -0.364. The lowest BCUT2D eigenvalue weighted by atomic mass is 10.2. The molecule has 0 radical (unpaired) electrons. The molecule has 1 fully saturated rings. The zero-order valence-electron chi connectivity index (χ0n) is 14.3. The van der Waals surface area contributed by atoms with E-state index in [9.17, 15) is 9.18 Å². The number of rotatable bonds is 5. The van der Waals surface area contributed by atoms with E-state index < -0.39 is 0 Å². The van der Waals surface area contributed by atoms with Gasteiger partial charge in [0.25, 0.3) is 0 Å². The molecular formula is C19H21BrFN3O2. The molecule has 1 heterocycles. The average Bonchev–Trinajstić information content (AvgIpc) is 2.64. The molecule has 0 bridgehead atoms. The van der Waals surface area contributed by atoms with Crippen molar-refractivity contribution in [2.24, 2.45) is 0 Å². The van der Waals surface area contributed by atoms with Crippen molar-refractivity contribution in [2.75, 3.05) is 31.6 Å². The minimum absolute atomic E-state index is 0.0603. The predicted molar refractivity (Wildman–Crippen MR) is 103 cm³/mol. The zero-order valence-corrected chi connectivity index (χ0v) is 15.8. The first-order valence-corrected chi connectivity index (χ1v) is 9.27. The topological polar surface area (TPSA) is 53.6 Å². The molecule has 2 N–H and O–H groups in total. The van der Waals surface area contributed by atoms with Crippen LogP contribution in [0.4, 0.5) is 14.9 Å². The van der Waals surface area contributed by atoms with Gasteiger partial charge in [0.15, 0.2) is 0 Å². The van der Waals surface area contributed by atoms with E-state index in [4.69, 9.17) is 4.74 Å². The summed E-state index contributed by atoms with van der Waals surface area (Å²) in [5, 5.41) is 5.51. The number of hydrogen-bond acceptors (Lipinski definition) is 3. The van der Waals surface area contributed by atoms with Gasteiger partial charge in [0.2, 0.25) is 0 Å². The van der Waals surface area contributed by atoms with Gasteiger partial charge >= 0.3 is 6.03 Å². The highest BCUT2D eigenvalue weighted by Gasteiger charge is 2.21. The smallest absolute Gasteiger partial charge is 0.319 e. The van der Waals surface area contributed by atoms with E-state index >= 15 is 0 Å². The third-order valence-corrected chi connectivity index (χ3v) is 4.80. The first-order chi connectivity index (χ1) is 12.6. The number of anilines is 1. The number of nitrogens with one attached hydrogen (secondary N) is 2. The summed E-state index contributed by atoms with van der Waals surface area (Å²) in [6.07, 6.45) is -0.0603. The van der Waals surface area contributed by atoms with Crippen LogP contribution in [-0.4, -0.2) is 43.3 Å². The molecule has 0 spiro atoms. The Bertz CT molecular complexity index is 745. The van der Waals surface area contributed by atoms with Crippen LogP contribution in [0, 0.1) is 5.82 Å². The number of ether oxygens (including phenoxy) is 1. The SMILES string of the molecule is O=C(NCC1CN(Cc2ccccc2)CCO1)Nc1ccc(F)cc1Br. The maximum atomic E-state index is 13.1. The van der Waals surface area contributed by atoms with Gasteiger partial charge < -0.3 is 15.4 Å². The van der Waals surface area contributed by atoms with Gasteiger partial charge in [-0.2, -0.15) is 0 Å². The Balaban J connectivity index is 1.45. The van der Waals surface area contributed by atoms with E-state index in [1.54, 1.807) is 0 Å². The van der Waals surface area contributed by atoms with Crippen molar-refractivity contribution in [1.29, 1.82) is 0 Å². The number of morpholine rings is 1. The molecule has 3 rings (SSSR count). The molecule has 0 saturated carbocycles. The third kappa shape index (κ3) is 5.52. The summed E-state index contributed by atoms with van der Waals surface area (Å²) in [5.41, 5.74) is 1.78. The van der Waals surface area contributed by atoms with Crippen LogP contribution < -0.4 is 10.6 Å². The van der Waals surface area contributed by atoms with Crippen molar-refractivity contribution >= 4 is 27.6 Å². The molecule has 2 aromatic carbocycles. The van der Waals surface area contributed by atoms with Crippen LogP contribution in [0.25, 0.3) is 0 Å². The fraction of sp³-hybridized carbons (Fsp3) is 0.316. The van der Waals surface area contributed by atoms with Crippen LogP contribution in [0.3, 0.4) is 0 Å². The highest BCUT2D eigenvalue weighted by Crippen LogP contribution is 2.22.